The maximum atomic E-state index is 12.2. The van der Waals surface area contributed by atoms with Crippen molar-refractivity contribution in [2.24, 2.45) is 4.99 Å². The first-order valence-corrected chi connectivity index (χ1v) is 8.88. The van der Waals surface area contributed by atoms with Crippen molar-refractivity contribution in [1.82, 2.24) is 4.98 Å². The molecular formula is C22H16N3O4-. The minimum absolute atomic E-state index is 0.140. The lowest BCUT2D eigenvalue weighted by Gasteiger charge is -2.13. The summed E-state index contributed by atoms with van der Waals surface area (Å²) in [6, 6.07) is 15.6. The smallest absolute Gasteiger partial charge is 0.270 e. The van der Waals surface area contributed by atoms with Crippen LogP contribution < -0.4 is 5.11 Å². The number of aryl methyl sites for hydroxylation is 2. The van der Waals surface area contributed by atoms with Crippen LogP contribution in [0.1, 0.15) is 16.7 Å². The van der Waals surface area contributed by atoms with Crippen LogP contribution in [0.15, 0.2) is 64.0 Å². The number of oxazole rings is 1. The molecule has 0 fully saturated rings. The first kappa shape index (κ1) is 18.4. The molecular weight excluding hydrogens is 370 g/mol. The molecule has 1 heterocycles. The molecule has 0 radical (unpaired) electrons. The van der Waals surface area contributed by atoms with Crippen molar-refractivity contribution in [1.29, 1.82) is 0 Å². The lowest BCUT2D eigenvalue weighted by Crippen LogP contribution is -2.01. The van der Waals surface area contributed by atoms with Gasteiger partial charge in [0.15, 0.2) is 5.58 Å². The highest BCUT2D eigenvalue weighted by Crippen LogP contribution is 2.28. The summed E-state index contributed by atoms with van der Waals surface area (Å²) in [6.07, 6.45) is 1.34. The molecule has 4 aromatic rings. The number of aromatic nitrogens is 1. The Morgan fingerprint density at radius 1 is 1.10 bits per heavy atom. The Balaban J connectivity index is 1.68. The zero-order valence-electron chi connectivity index (χ0n) is 15.7. The van der Waals surface area contributed by atoms with E-state index in [0.29, 0.717) is 28.2 Å². The fourth-order valence-corrected chi connectivity index (χ4v) is 3.02. The molecule has 0 bridgehead atoms. The maximum Gasteiger partial charge on any atom is 0.270 e. The monoisotopic (exact) mass is 386 g/mol. The van der Waals surface area contributed by atoms with Crippen LogP contribution in [-0.2, 0) is 0 Å². The van der Waals surface area contributed by atoms with Gasteiger partial charge in [0, 0.05) is 23.9 Å². The first-order chi connectivity index (χ1) is 13.9. The van der Waals surface area contributed by atoms with Crippen molar-refractivity contribution in [3.63, 3.8) is 0 Å². The third-order valence-electron chi connectivity index (χ3n) is 4.49. The minimum atomic E-state index is -0.530. The molecule has 4 rings (SSSR count). The summed E-state index contributed by atoms with van der Waals surface area (Å²) in [5.74, 6) is 0.226. The number of nitro benzene ring substituents is 1. The van der Waals surface area contributed by atoms with Crippen LogP contribution >= 0.6 is 0 Å². The molecule has 7 heteroatoms. The topological polar surface area (TPSA) is 105 Å². The van der Waals surface area contributed by atoms with E-state index in [-0.39, 0.29) is 17.0 Å². The van der Waals surface area contributed by atoms with E-state index in [9.17, 15) is 15.2 Å². The molecule has 144 valence electrons. The van der Waals surface area contributed by atoms with E-state index in [4.69, 9.17) is 4.42 Å². The Labute approximate surface area is 166 Å². The zero-order chi connectivity index (χ0) is 20.5. The molecule has 0 unspecified atom stereocenters. The van der Waals surface area contributed by atoms with Gasteiger partial charge in [-0.25, -0.2) is 4.98 Å². The maximum absolute atomic E-state index is 12.2. The number of non-ortho nitro benzene ring substituents is 1. The molecule has 0 N–H and O–H groups in total. The van der Waals surface area contributed by atoms with Crippen LogP contribution in [-0.4, -0.2) is 16.1 Å². The summed E-state index contributed by atoms with van der Waals surface area (Å²) >= 11 is 0. The Hall–Kier alpha value is -4.00. The van der Waals surface area contributed by atoms with E-state index in [2.05, 4.69) is 9.98 Å². The predicted molar refractivity (Wildman–Crippen MR) is 109 cm³/mol. The predicted octanol–water partition coefficient (Wildman–Crippen LogP) is 4.84. The standard InChI is InChI=1S/C22H17N3O4/c1-13-4-3-5-15(8-13)22-24-19-11-17(6-7-20(19)29-22)23-12-16-10-18(25(27)28)9-14(2)21(16)26/h3-12,26H,1-2H3/p-1. The van der Waals surface area contributed by atoms with E-state index in [1.165, 1.54) is 18.3 Å². The van der Waals surface area contributed by atoms with Gasteiger partial charge in [-0.2, -0.15) is 0 Å². The number of nitrogens with zero attached hydrogens (tertiary/aromatic N) is 3. The van der Waals surface area contributed by atoms with Crippen LogP contribution in [0.2, 0.25) is 0 Å². The van der Waals surface area contributed by atoms with E-state index >= 15 is 0 Å². The molecule has 0 aliphatic heterocycles. The Bertz CT molecular complexity index is 1270. The highest BCUT2D eigenvalue weighted by molar-refractivity contribution is 5.88. The zero-order valence-corrected chi connectivity index (χ0v) is 15.7. The number of aliphatic imine (C=N–C) groups is 1. The molecule has 0 spiro atoms. The molecule has 0 saturated carbocycles. The molecule has 7 nitrogen and oxygen atoms in total. The number of benzene rings is 3. The fourth-order valence-electron chi connectivity index (χ4n) is 3.02. The van der Waals surface area contributed by atoms with Gasteiger partial charge in [-0.05, 0) is 49.7 Å². The van der Waals surface area contributed by atoms with Gasteiger partial charge >= 0.3 is 0 Å². The van der Waals surface area contributed by atoms with Crippen molar-refractivity contribution in [2.75, 3.05) is 0 Å². The molecule has 0 aliphatic rings. The van der Waals surface area contributed by atoms with Crippen LogP contribution in [0, 0.1) is 24.0 Å². The number of hydrogen-bond donors (Lipinski definition) is 0. The van der Waals surface area contributed by atoms with Crippen molar-refractivity contribution in [3.8, 4) is 17.2 Å². The number of fused-ring (bicyclic) bond motifs is 1. The first-order valence-electron chi connectivity index (χ1n) is 8.88. The van der Waals surface area contributed by atoms with Crippen LogP contribution in [0.4, 0.5) is 11.4 Å². The van der Waals surface area contributed by atoms with E-state index in [0.717, 1.165) is 11.1 Å². The molecule has 3 aromatic carbocycles. The fraction of sp³-hybridized carbons (Fsp3) is 0.0909. The van der Waals surface area contributed by atoms with Crippen molar-refractivity contribution in [2.45, 2.75) is 13.8 Å². The van der Waals surface area contributed by atoms with Crippen molar-refractivity contribution in [3.05, 3.63) is 81.4 Å². The van der Waals surface area contributed by atoms with Gasteiger partial charge in [0.1, 0.15) is 5.52 Å². The largest absolute Gasteiger partial charge is 0.872 e. The summed E-state index contributed by atoms with van der Waals surface area (Å²) < 4.78 is 5.82. The minimum Gasteiger partial charge on any atom is -0.872 e. The Kier molecular flexibility index (Phi) is 4.56. The van der Waals surface area contributed by atoms with Gasteiger partial charge in [0.25, 0.3) is 5.69 Å². The summed E-state index contributed by atoms with van der Waals surface area (Å²) in [5.41, 5.74) is 4.13. The van der Waals surface area contributed by atoms with Gasteiger partial charge in [-0.3, -0.25) is 15.1 Å². The number of nitro groups is 1. The van der Waals surface area contributed by atoms with E-state index < -0.39 is 4.92 Å². The lowest BCUT2D eigenvalue weighted by atomic mass is 10.1. The van der Waals surface area contributed by atoms with Gasteiger partial charge in [-0.15, -0.1) is 0 Å². The van der Waals surface area contributed by atoms with Gasteiger partial charge < -0.3 is 9.52 Å². The summed E-state index contributed by atoms with van der Waals surface area (Å²) in [6.45, 7) is 3.54. The van der Waals surface area contributed by atoms with E-state index in [1.807, 2.05) is 31.2 Å². The van der Waals surface area contributed by atoms with Crippen molar-refractivity contribution >= 4 is 28.7 Å². The normalized spacial score (nSPS) is 11.4. The average molecular weight is 386 g/mol. The SMILES string of the molecule is Cc1cccc(-c2nc3cc(N=Cc4cc([N+](=O)[O-])cc(C)c4[O-])ccc3o2)c1. The number of hydrogen-bond acceptors (Lipinski definition) is 6. The third kappa shape index (κ3) is 3.70. The molecule has 0 amide bonds. The Morgan fingerprint density at radius 3 is 2.69 bits per heavy atom. The third-order valence-corrected chi connectivity index (χ3v) is 4.49. The highest BCUT2D eigenvalue weighted by Gasteiger charge is 2.10. The second kappa shape index (κ2) is 7.20. The van der Waals surface area contributed by atoms with E-state index in [1.54, 1.807) is 25.1 Å². The Morgan fingerprint density at radius 2 is 1.93 bits per heavy atom. The molecule has 29 heavy (non-hydrogen) atoms. The summed E-state index contributed by atoms with van der Waals surface area (Å²) in [4.78, 5) is 19.3. The molecule has 0 aliphatic carbocycles. The van der Waals surface area contributed by atoms with Crippen molar-refractivity contribution < 1.29 is 14.4 Å². The summed E-state index contributed by atoms with van der Waals surface area (Å²) in [7, 11) is 0. The van der Waals surface area contributed by atoms with Gasteiger partial charge in [-0.1, -0.05) is 29.0 Å². The molecule has 0 atom stereocenters. The quantitative estimate of drug-likeness (QED) is 0.283. The molecule has 0 saturated heterocycles. The highest BCUT2D eigenvalue weighted by atomic mass is 16.6. The van der Waals surface area contributed by atoms with Gasteiger partial charge in [0.2, 0.25) is 5.89 Å². The van der Waals surface area contributed by atoms with Crippen LogP contribution in [0.5, 0.6) is 5.75 Å². The van der Waals surface area contributed by atoms with Crippen LogP contribution in [0.25, 0.3) is 22.6 Å². The lowest BCUT2D eigenvalue weighted by molar-refractivity contribution is -0.385. The summed E-state index contributed by atoms with van der Waals surface area (Å²) in [5, 5.41) is 23.2. The second-order valence-corrected chi connectivity index (χ2v) is 6.74. The molecule has 1 aromatic heterocycles. The van der Waals surface area contributed by atoms with Crippen LogP contribution in [0.3, 0.4) is 0 Å². The average Bonchev–Trinajstić information content (AvgIpc) is 3.12. The van der Waals surface area contributed by atoms with Gasteiger partial charge in [0.05, 0.1) is 10.6 Å². The number of rotatable bonds is 4. The second-order valence-electron chi connectivity index (χ2n) is 6.74.